The van der Waals surface area contributed by atoms with Crippen LogP contribution in [0.3, 0.4) is 0 Å². The van der Waals surface area contributed by atoms with E-state index < -0.39 is 10.3 Å². The minimum atomic E-state index is -0.577. The molecule has 0 aromatic carbocycles. The third kappa shape index (κ3) is 2.46. The highest BCUT2D eigenvalue weighted by molar-refractivity contribution is 5.95. The lowest BCUT2D eigenvalue weighted by molar-refractivity contribution is -0.394. The molecule has 4 saturated carbocycles. The second kappa shape index (κ2) is 5.37. The number of aryl methyl sites for hydroxylation is 1. The summed E-state index contributed by atoms with van der Waals surface area (Å²) in [6.07, 6.45) is 6.64. The summed E-state index contributed by atoms with van der Waals surface area (Å²) in [6, 6.07) is 1.70. The fraction of sp³-hybridized carbons (Fsp3) is 0.647. The number of nitro groups is 1. The van der Waals surface area contributed by atoms with Gasteiger partial charge in [0, 0.05) is 11.2 Å². The first-order chi connectivity index (χ1) is 12.9. The number of nitrogens with zero attached hydrogens (tertiary/aromatic N) is 5. The van der Waals surface area contributed by atoms with Gasteiger partial charge in [0.15, 0.2) is 5.82 Å². The minimum Gasteiger partial charge on any atom is -0.390 e. The summed E-state index contributed by atoms with van der Waals surface area (Å²) in [4.78, 5) is 27.5. The van der Waals surface area contributed by atoms with Gasteiger partial charge in [-0.1, -0.05) is 10.1 Å². The SMILES string of the molecule is Cc1cc(NC(=O)C23C[C@H]4C[C@@H](C2)CC(n2cnc([N+](=O)[O-])n2)(C4)C3)no1. The summed E-state index contributed by atoms with van der Waals surface area (Å²) < 4.78 is 6.71. The maximum Gasteiger partial charge on any atom is 0.490 e. The Labute approximate surface area is 154 Å². The number of amides is 1. The second-order valence-electron chi connectivity index (χ2n) is 8.49. The van der Waals surface area contributed by atoms with Crippen LogP contribution in [0.4, 0.5) is 11.8 Å². The Balaban J connectivity index is 1.47. The predicted octanol–water partition coefficient (Wildman–Crippen LogP) is 2.42. The van der Waals surface area contributed by atoms with Crippen LogP contribution in [0, 0.1) is 34.3 Å². The summed E-state index contributed by atoms with van der Waals surface area (Å²) in [5.74, 6) is 1.48. The second-order valence-corrected chi connectivity index (χ2v) is 8.49. The Bertz CT molecular complexity index is 920. The highest BCUT2D eigenvalue weighted by atomic mass is 16.6. The van der Waals surface area contributed by atoms with Gasteiger partial charge in [-0.25, -0.2) is 0 Å². The van der Waals surface area contributed by atoms with Crippen molar-refractivity contribution in [1.29, 1.82) is 0 Å². The fourth-order valence-corrected chi connectivity index (χ4v) is 5.99. The first kappa shape index (κ1) is 16.4. The van der Waals surface area contributed by atoms with E-state index >= 15 is 0 Å². The molecule has 1 N–H and O–H groups in total. The molecule has 4 atom stereocenters. The van der Waals surface area contributed by atoms with Crippen molar-refractivity contribution in [3.05, 3.63) is 28.3 Å². The van der Waals surface area contributed by atoms with Gasteiger partial charge < -0.3 is 20.0 Å². The molecule has 4 aliphatic rings. The zero-order valence-electron chi connectivity index (χ0n) is 14.9. The molecule has 6 rings (SSSR count). The molecule has 4 fully saturated rings. The molecule has 2 aromatic heterocycles. The number of nitrogens with one attached hydrogen (secondary N) is 1. The van der Waals surface area contributed by atoms with Crippen LogP contribution >= 0.6 is 0 Å². The first-order valence-electron chi connectivity index (χ1n) is 9.19. The van der Waals surface area contributed by atoms with E-state index in [1.165, 1.54) is 6.33 Å². The molecule has 4 aliphatic carbocycles. The van der Waals surface area contributed by atoms with E-state index in [4.69, 9.17) is 4.52 Å². The van der Waals surface area contributed by atoms with Crippen LogP contribution in [0.5, 0.6) is 0 Å². The van der Waals surface area contributed by atoms with Gasteiger partial charge in [-0.05, 0) is 62.2 Å². The maximum atomic E-state index is 13.2. The topological polar surface area (TPSA) is 129 Å². The zero-order chi connectivity index (χ0) is 18.8. The lowest BCUT2D eigenvalue weighted by Gasteiger charge is -2.60. The smallest absolute Gasteiger partial charge is 0.390 e. The van der Waals surface area contributed by atoms with Gasteiger partial charge in [-0.15, -0.1) is 0 Å². The van der Waals surface area contributed by atoms with Crippen LogP contribution < -0.4 is 5.32 Å². The van der Waals surface area contributed by atoms with E-state index in [1.54, 1.807) is 17.7 Å². The molecule has 27 heavy (non-hydrogen) atoms. The zero-order valence-corrected chi connectivity index (χ0v) is 14.9. The molecular formula is C17H20N6O4. The molecular weight excluding hydrogens is 352 g/mol. The number of rotatable bonds is 4. The molecule has 0 spiro atoms. The Hall–Kier alpha value is -2.78. The highest BCUT2D eigenvalue weighted by Gasteiger charge is 2.62. The monoisotopic (exact) mass is 372 g/mol. The Morgan fingerprint density at radius 3 is 2.70 bits per heavy atom. The van der Waals surface area contributed by atoms with E-state index in [0.29, 0.717) is 29.8 Å². The van der Waals surface area contributed by atoms with E-state index in [-0.39, 0.29) is 17.4 Å². The number of carbonyl (C=O) groups is 1. The molecule has 2 aromatic rings. The molecule has 2 heterocycles. The first-order valence-corrected chi connectivity index (χ1v) is 9.19. The molecule has 1 amide bonds. The van der Waals surface area contributed by atoms with Gasteiger partial charge in [-0.2, -0.15) is 4.68 Å². The Morgan fingerprint density at radius 2 is 2.11 bits per heavy atom. The van der Waals surface area contributed by atoms with Crippen molar-refractivity contribution >= 4 is 17.7 Å². The summed E-state index contributed by atoms with van der Waals surface area (Å²) in [5.41, 5.74) is -0.875. The van der Waals surface area contributed by atoms with Crippen LogP contribution in [0.15, 0.2) is 16.9 Å². The number of carbonyl (C=O) groups excluding carboxylic acids is 1. The fourth-order valence-electron chi connectivity index (χ4n) is 5.99. The van der Waals surface area contributed by atoms with Crippen LogP contribution in [0.1, 0.15) is 44.3 Å². The van der Waals surface area contributed by atoms with Crippen LogP contribution in [0.25, 0.3) is 0 Å². The van der Waals surface area contributed by atoms with Crippen LogP contribution in [-0.4, -0.2) is 30.8 Å². The molecule has 0 radical (unpaired) electrons. The molecule has 10 nitrogen and oxygen atoms in total. The van der Waals surface area contributed by atoms with Gasteiger partial charge in [0.2, 0.25) is 12.2 Å². The predicted molar refractivity (Wildman–Crippen MR) is 91.6 cm³/mol. The molecule has 4 bridgehead atoms. The van der Waals surface area contributed by atoms with Crippen molar-refractivity contribution in [2.75, 3.05) is 5.32 Å². The van der Waals surface area contributed by atoms with Crippen LogP contribution in [0.2, 0.25) is 0 Å². The van der Waals surface area contributed by atoms with Gasteiger partial charge in [-0.3, -0.25) is 4.79 Å². The normalized spacial score (nSPS) is 34.0. The van der Waals surface area contributed by atoms with Crippen molar-refractivity contribution in [2.24, 2.45) is 17.3 Å². The summed E-state index contributed by atoms with van der Waals surface area (Å²) >= 11 is 0. The average Bonchev–Trinajstić information content (AvgIpc) is 3.23. The van der Waals surface area contributed by atoms with E-state index in [1.807, 2.05) is 0 Å². The van der Waals surface area contributed by atoms with Crippen molar-refractivity contribution in [1.82, 2.24) is 19.9 Å². The molecule has 142 valence electrons. The van der Waals surface area contributed by atoms with E-state index in [9.17, 15) is 14.9 Å². The third-order valence-corrected chi connectivity index (χ3v) is 6.51. The lowest BCUT2D eigenvalue weighted by Crippen LogP contribution is -2.60. The van der Waals surface area contributed by atoms with Crippen molar-refractivity contribution in [3.8, 4) is 0 Å². The molecule has 0 aliphatic heterocycles. The summed E-state index contributed by atoms with van der Waals surface area (Å²) in [5, 5.41) is 21.9. The highest BCUT2D eigenvalue weighted by Crippen LogP contribution is 2.64. The van der Waals surface area contributed by atoms with Crippen molar-refractivity contribution in [2.45, 2.75) is 51.0 Å². The molecule has 2 unspecified atom stereocenters. The van der Waals surface area contributed by atoms with Gasteiger partial charge >= 0.3 is 5.95 Å². The summed E-state index contributed by atoms with van der Waals surface area (Å²) in [7, 11) is 0. The Kier molecular flexibility index (Phi) is 3.26. The third-order valence-electron chi connectivity index (χ3n) is 6.51. The standard InChI is InChI=1S/C17H20N6O4/c1-10-2-13(21-27-10)19-14(24)16-4-11-3-12(5-16)7-17(6-11,8-16)22-9-18-15(20-22)23(25)26/h2,9,11-12H,3-8H2,1H3,(H,19,21,24)/t11-,12+,16?,17?. The number of hydrogen-bond donors (Lipinski definition) is 1. The Morgan fingerprint density at radius 1 is 1.37 bits per heavy atom. The van der Waals surface area contributed by atoms with Gasteiger partial charge in [0.05, 0.1) is 11.0 Å². The number of anilines is 1. The average molecular weight is 372 g/mol. The van der Waals surface area contributed by atoms with Gasteiger partial charge in [0.1, 0.15) is 5.76 Å². The van der Waals surface area contributed by atoms with Crippen LogP contribution in [-0.2, 0) is 10.3 Å². The number of aromatic nitrogens is 4. The van der Waals surface area contributed by atoms with Crippen molar-refractivity contribution in [3.63, 3.8) is 0 Å². The van der Waals surface area contributed by atoms with E-state index in [2.05, 4.69) is 20.6 Å². The molecule has 0 saturated heterocycles. The van der Waals surface area contributed by atoms with Gasteiger partial charge in [0.25, 0.3) is 0 Å². The molecule has 10 heteroatoms. The summed E-state index contributed by atoms with van der Waals surface area (Å²) in [6.45, 7) is 1.78. The quantitative estimate of drug-likeness (QED) is 0.644. The lowest BCUT2D eigenvalue weighted by atomic mass is 9.46. The van der Waals surface area contributed by atoms with Crippen molar-refractivity contribution < 1.29 is 14.2 Å². The maximum absolute atomic E-state index is 13.2. The largest absolute Gasteiger partial charge is 0.490 e. The van der Waals surface area contributed by atoms with E-state index in [0.717, 1.165) is 32.1 Å². The minimum absolute atomic E-state index is 0.0381. The number of hydrogen-bond acceptors (Lipinski definition) is 7.